The Kier molecular flexibility index (Phi) is 9.41. The molecule has 2 rings (SSSR count). The minimum absolute atomic E-state index is 0.539. The number of nitrogens with one attached hydrogen (secondary N) is 2. The molecule has 1 atom stereocenters. The molecule has 0 fully saturated rings. The van der Waals surface area contributed by atoms with Gasteiger partial charge >= 0.3 is 0 Å². The van der Waals surface area contributed by atoms with E-state index in [1.807, 2.05) is 49.4 Å². The lowest BCUT2D eigenvalue weighted by Crippen LogP contribution is -2.38. The first-order chi connectivity index (χ1) is 13.2. The zero-order chi connectivity index (χ0) is 19.3. The molecule has 0 amide bonds. The molecule has 0 saturated carbocycles. The van der Waals surface area contributed by atoms with Crippen LogP contribution in [0.15, 0.2) is 59.6 Å². The maximum absolute atomic E-state index is 12.2. The smallest absolute Gasteiger partial charge is 0.191 e. The fourth-order valence-electron chi connectivity index (χ4n) is 2.55. The van der Waals surface area contributed by atoms with Crippen LogP contribution in [0.1, 0.15) is 18.1 Å². The molecule has 2 aromatic rings. The maximum Gasteiger partial charge on any atom is 0.191 e. The third-order valence-electron chi connectivity index (χ3n) is 3.97. The summed E-state index contributed by atoms with van der Waals surface area (Å²) >= 11 is 0. The van der Waals surface area contributed by atoms with E-state index in [1.165, 1.54) is 5.56 Å². The molecular weight excluding hydrogens is 358 g/mol. The Bertz CT molecular complexity index is 718. The summed E-state index contributed by atoms with van der Waals surface area (Å²) in [5, 5.41) is 6.56. The molecule has 0 aliphatic heterocycles. The third kappa shape index (κ3) is 8.26. The number of nitrogens with zero attached hydrogens (tertiary/aromatic N) is 1. The number of hydrogen-bond acceptors (Lipinski definition) is 3. The summed E-state index contributed by atoms with van der Waals surface area (Å²) in [7, 11) is 0.765. The van der Waals surface area contributed by atoms with Crippen LogP contribution in [0.3, 0.4) is 0 Å². The van der Waals surface area contributed by atoms with Crippen LogP contribution in [0.4, 0.5) is 0 Å². The van der Waals surface area contributed by atoms with Gasteiger partial charge < -0.3 is 15.4 Å². The van der Waals surface area contributed by atoms with E-state index < -0.39 is 10.8 Å². The van der Waals surface area contributed by atoms with Crippen molar-refractivity contribution >= 4 is 16.8 Å². The highest BCUT2D eigenvalue weighted by molar-refractivity contribution is 7.84. The molecule has 0 aliphatic carbocycles. The lowest BCUT2D eigenvalue weighted by atomic mass is 10.1. The molecule has 6 heteroatoms. The average molecular weight is 388 g/mol. The Morgan fingerprint density at radius 3 is 2.44 bits per heavy atom. The number of hydrogen-bond donors (Lipinski definition) is 2. The topological polar surface area (TPSA) is 62.7 Å². The molecule has 1 unspecified atom stereocenters. The fraction of sp³-hybridized carbons (Fsp3) is 0.381. The van der Waals surface area contributed by atoms with E-state index in [4.69, 9.17) is 4.74 Å². The molecule has 0 radical (unpaired) electrons. The zero-order valence-corrected chi connectivity index (χ0v) is 16.9. The van der Waals surface area contributed by atoms with E-state index in [0.717, 1.165) is 36.8 Å². The van der Waals surface area contributed by atoms with Crippen LogP contribution in [-0.2, 0) is 23.0 Å². The summed E-state index contributed by atoms with van der Waals surface area (Å²) < 4.78 is 17.4. The molecule has 2 N–H and O–H groups in total. The molecular formula is C21H29N3O2S. The highest BCUT2D eigenvalue weighted by Crippen LogP contribution is 2.11. The Hall–Kier alpha value is -2.34. The van der Waals surface area contributed by atoms with Gasteiger partial charge in [-0.25, -0.2) is 0 Å². The third-order valence-corrected chi connectivity index (χ3v) is 5.26. The van der Waals surface area contributed by atoms with Crippen LogP contribution < -0.4 is 15.4 Å². The van der Waals surface area contributed by atoms with Crippen molar-refractivity contribution in [2.45, 2.75) is 19.1 Å². The quantitative estimate of drug-likeness (QED) is 0.486. The summed E-state index contributed by atoms with van der Waals surface area (Å²) in [4.78, 5) is 4.53. The standard InChI is InChI=1S/C21H29N3O2S/c1-3-22-21(23-14-13-18-9-11-20(26-2)12-10-18)24-15-16-27(25)17-19-7-5-4-6-8-19/h4-12H,3,13-17H2,1-2H3,(H2,22,23,24). The molecule has 2 aromatic carbocycles. The van der Waals surface area contributed by atoms with Crippen LogP contribution in [0, 0.1) is 0 Å². The average Bonchev–Trinajstić information content (AvgIpc) is 2.69. The van der Waals surface area contributed by atoms with Crippen molar-refractivity contribution in [3.63, 3.8) is 0 Å². The monoisotopic (exact) mass is 387 g/mol. The van der Waals surface area contributed by atoms with Gasteiger partial charge in [0, 0.05) is 35.4 Å². The van der Waals surface area contributed by atoms with Gasteiger partial charge in [0.1, 0.15) is 5.75 Å². The van der Waals surface area contributed by atoms with Gasteiger partial charge in [-0.2, -0.15) is 0 Å². The second kappa shape index (κ2) is 12.1. The predicted octanol–water partition coefficient (Wildman–Crippen LogP) is 2.74. The van der Waals surface area contributed by atoms with Crippen LogP contribution >= 0.6 is 0 Å². The molecule has 0 aliphatic rings. The summed E-state index contributed by atoms with van der Waals surface area (Å²) in [6, 6.07) is 18.0. The molecule has 0 bridgehead atoms. The van der Waals surface area contributed by atoms with Crippen molar-refractivity contribution in [1.82, 2.24) is 10.6 Å². The molecule has 0 saturated heterocycles. The Labute approximate surface area is 164 Å². The van der Waals surface area contributed by atoms with E-state index in [-0.39, 0.29) is 0 Å². The second-order valence-corrected chi connectivity index (χ2v) is 7.64. The van der Waals surface area contributed by atoms with Gasteiger partial charge in [0.2, 0.25) is 0 Å². The predicted molar refractivity (Wildman–Crippen MR) is 114 cm³/mol. The first-order valence-corrected chi connectivity index (χ1v) is 10.7. The van der Waals surface area contributed by atoms with Crippen molar-refractivity contribution in [3.8, 4) is 5.75 Å². The van der Waals surface area contributed by atoms with E-state index in [1.54, 1.807) is 7.11 Å². The summed E-state index contributed by atoms with van der Waals surface area (Å²) in [5.41, 5.74) is 2.34. The van der Waals surface area contributed by atoms with Crippen LogP contribution in [-0.4, -0.2) is 42.7 Å². The normalized spacial score (nSPS) is 12.4. The molecule has 0 heterocycles. The number of ether oxygens (including phenoxy) is 1. The first-order valence-electron chi connectivity index (χ1n) is 9.25. The van der Waals surface area contributed by atoms with Gasteiger partial charge in [-0.05, 0) is 36.6 Å². The van der Waals surface area contributed by atoms with Gasteiger partial charge in [-0.1, -0.05) is 42.5 Å². The molecule has 0 spiro atoms. The molecule has 27 heavy (non-hydrogen) atoms. The van der Waals surface area contributed by atoms with E-state index in [0.29, 0.717) is 18.1 Å². The lowest BCUT2D eigenvalue weighted by molar-refractivity contribution is 0.414. The van der Waals surface area contributed by atoms with Crippen molar-refractivity contribution in [1.29, 1.82) is 0 Å². The molecule has 0 aromatic heterocycles. The SMILES string of the molecule is CCNC(=NCCS(=O)Cc1ccccc1)NCCc1ccc(OC)cc1. The van der Waals surface area contributed by atoms with Gasteiger partial charge in [0.05, 0.1) is 13.7 Å². The number of methoxy groups -OCH3 is 1. The van der Waals surface area contributed by atoms with Gasteiger partial charge in [-0.3, -0.25) is 9.20 Å². The Balaban J connectivity index is 1.74. The highest BCUT2D eigenvalue weighted by atomic mass is 32.2. The Morgan fingerprint density at radius 1 is 1.04 bits per heavy atom. The van der Waals surface area contributed by atoms with Crippen molar-refractivity contribution in [2.24, 2.45) is 4.99 Å². The molecule has 146 valence electrons. The van der Waals surface area contributed by atoms with Crippen molar-refractivity contribution in [2.75, 3.05) is 32.5 Å². The van der Waals surface area contributed by atoms with Gasteiger partial charge in [0.25, 0.3) is 0 Å². The first kappa shape index (κ1) is 21.0. The fourth-order valence-corrected chi connectivity index (χ4v) is 3.55. The van der Waals surface area contributed by atoms with Crippen LogP contribution in [0.5, 0.6) is 5.75 Å². The summed E-state index contributed by atoms with van der Waals surface area (Å²) in [6.45, 7) is 4.15. The van der Waals surface area contributed by atoms with Crippen LogP contribution in [0.2, 0.25) is 0 Å². The molecule has 5 nitrogen and oxygen atoms in total. The minimum Gasteiger partial charge on any atom is -0.497 e. The second-order valence-electron chi connectivity index (χ2n) is 6.06. The largest absolute Gasteiger partial charge is 0.497 e. The number of benzene rings is 2. The van der Waals surface area contributed by atoms with Gasteiger partial charge in [-0.15, -0.1) is 0 Å². The zero-order valence-electron chi connectivity index (χ0n) is 16.1. The van der Waals surface area contributed by atoms with Gasteiger partial charge in [0.15, 0.2) is 5.96 Å². The number of rotatable bonds is 10. The Morgan fingerprint density at radius 2 is 1.78 bits per heavy atom. The number of guanidine groups is 1. The van der Waals surface area contributed by atoms with E-state index >= 15 is 0 Å². The summed E-state index contributed by atoms with van der Waals surface area (Å²) in [5.74, 6) is 2.77. The van der Waals surface area contributed by atoms with Crippen molar-refractivity contribution in [3.05, 3.63) is 65.7 Å². The van der Waals surface area contributed by atoms with Crippen LogP contribution in [0.25, 0.3) is 0 Å². The lowest BCUT2D eigenvalue weighted by Gasteiger charge is -2.11. The number of aliphatic imine (C=N–C) groups is 1. The minimum atomic E-state index is -0.905. The van der Waals surface area contributed by atoms with E-state index in [2.05, 4.69) is 27.8 Å². The van der Waals surface area contributed by atoms with E-state index in [9.17, 15) is 4.21 Å². The summed E-state index contributed by atoms with van der Waals surface area (Å²) in [6.07, 6.45) is 0.897. The maximum atomic E-state index is 12.2. The highest BCUT2D eigenvalue weighted by Gasteiger charge is 2.02. The van der Waals surface area contributed by atoms with Crippen molar-refractivity contribution < 1.29 is 8.95 Å².